The number of aromatic nitrogens is 1. The number of carbonyl (C=O) groups excluding carboxylic acids is 1. The number of carbonyl (C=O) groups is 1. The summed E-state index contributed by atoms with van der Waals surface area (Å²) in [5, 5.41) is 4.01. The fourth-order valence-electron chi connectivity index (χ4n) is 3.40. The van der Waals surface area contributed by atoms with Gasteiger partial charge in [-0.3, -0.25) is 4.79 Å². The van der Waals surface area contributed by atoms with Crippen LogP contribution in [0.4, 0.5) is 10.9 Å². The molecule has 21 heavy (non-hydrogen) atoms. The van der Waals surface area contributed by atoms with E-state index in [-0.39, 0.29) is 11.4 Å². The second-order valence-electron chi connectivity index (χ2n) is 7.27. The SMILES string of the molecule is CC(C)(C)Nc1nc(N)c(C(=O)N2CC3CCCC3C2)s1. The number of hydrogen-bond acceptors (Lipinski definition) is 5. The Labute approximate surface area is 129 Å². The van der Waals surface area contributed by atoms with Crippen LogP contribution in [0.2, 0.25) is 0 Å². The van der Waals surface area contributed by atoms with Crippen LogP contribution in [-0.2, 0) is 0 Å². The normalized spacial score (nSPS) is 25.2. The summed E-state index contributed by atoms with van der Waals surface area (Å²) < 4.78 is 0. The van der Waals surface area contributed by atoms with Gasteiger partial charge in [0.05, 0.1) is 0 Å². The number of nitrogens with zero attached hydrogens (tertiary/aromatic N) is 2. The zero-order chi connectivity index (χ0) is 15.2. The highest BCUT2D eigenvalue weighted by atomic mass is 32.1. The van der Waals surface area contributed by atoms with Gasteiger partial charge in [-0.1, -0.05) is 17.8 Å². The molecule has 1 saturated carbocycles. The molecule has 1 saturated heterocycles. The molecule has 2 atom stereocenters. The van der Waals surface area contributed by atoms with Crippen molar-refractivity contribution in [3.05, 3.63) is 4.88 Å². The smallest absolute Gasteiger partial charge is 0.267 e. The third kappa shape index (κ3) is 3.00. The molecule has 3 rings (SSSR count). The Morgan fingerprint density at radius 2 is 1.95 bits per heavy atom. The van der Waals surface area contributed by atoms with E-state index in [1.807, 2.05) is 4.90 Å². The fourth-order valence-corrected chi connectivity index (χ4v) is 4.47. The van der Waals surface area contributed by atoms with Gasteiger partial charge >= 0.3 is 0 Å². The van der Waals surface area contributed by atoms with Crippen molar-refractivity contribution < 1.29 is 4.79 Å². The summed E-state index contributed by atoms with van der Waals surface area (Å²) in [6.07, 6.45) is 3.85. The molecule has 1 aromatic heterocycles. The Bertz CT molecular complexity index is 536. The average molecular weight is 308 g/mol. The lowest BCUT2D eigenvalue weighted by atomic mass is 10.0. The van der Waals surface area contributed by atoms with Gasteiger partial charge in [-0.05, 0) is 45.4 Å². The molecular weight excluding hydrogens is 284 g/mol. The highest BCUT2D eigenvalue weighted by Crippen LogP contribution is 2.39. The van der Waals surface area contributed by atoms with Crippen molar-refractivity contribution in [2.24, 2.45) is 11.8 Å². The maximum absolute atomic E-state index is 12.7. The van der Waals surface area contributed by atoms with Gasteiger partial charge in [-0.2, -0.15) is 0 Å². The first-order valence-corrected chi connectivity index (χ1v) is 8.49. The fraction of sp³-hybridized carbons (Fsp3) is 0.733. The molecule has 6 heteroatoms. The van der Waals surface area contributed by atoms with Gasteiger partial charge in [0.25, 0.3) is 5.91 Å². The number of rotatable bonds is 2. The van der Waals surface area contributed by atoms with Gasteiger partial charge < -0.3 is 16.0 Å². The van der Waals surface area contributed by atoms with E-state index in [0.29, 0.717) is 22.5 Å². The average Bonchev–Trinajstić information content (AvgIpc) is 2.99. The van der Waals surface area contributed by atoms with E-state index >= 15 is 0 Å². The van der Waals surface area contributed by atoms with Crippen molar-refractivity contribution in [1.82, 2.24) is 9.88 Å². The molecule has 3 N–H and O–H groups in total. The molecule has 0 bridgehead atoms. The monoisotopic (exact) mass is 308 g/mol. The van der Waals surface area contributed by atoms with Gasteiger partial charge in [0.1, 0.15) is 10.7 Å². The molecule has 2 fully saturated rings. The standard InChI is InChI=1S/C15H24N4OS/c1-15(2,3)18-14-17-12(16)11(21-14)13(20)19-7-9-5-4-6-10(9)8-19/h9-10H,4-8,16H2,1-3H3,(H,17,18). The van der Waals surface area contributed by atoms with Crippen LogP contribution < -0.4 is 11.1 Å². The summed E-state index contributed by atoms with van der Waals surface area (Å²) in [7, 11) is 0. The summed E-state index contributed by atoms with van der Waals surface area (Å²) in [5.41, 5.74) is 5.87. The summed E-state index contributed by atoms with van der Waals surface area (Å²) in [5.74, 6) is 1.82. The Morgan fingerprint density at radius 1 is 1.33 bits per heavy atom. The van der Waals surface area contributed by atoms with Gasteiger partial charge in [-0.15, -0.1) is 0 Å². The largest absolute Gasteiger partial charge is 0.382 e. The number of thiazole rings is 1. The number of nitrogens with two attached hydrogens (primary N) is 1. The number of nitrogens with one attached hydrogen (secondary N) is 1. The Hall–Kier alpha value is -1.30. The first-order chi connectivity index (χ1) is 9.83. The molecule has 1 aliphatic carbocycles. The van der Waals surface area contributed by atoms with Gasteiger partial charge in [0, 0.05) is 18.6 Å². The molecule has 1 amide bonds. The van der Waals surface area contributed by atoms with Crippen LogP contribution in [0.1, 0.15) is 49.7 Å². The van der Waals surface area contributed by atoms with Crippen LogP contribution in [0, 0.1) is 11.8 Å². The Kier molecular flexibility index (Phi) is 3.59. The first-order valence-electron chi connectivity index (χ1n) is 7.67. The van der Waals surface area contributed by atoms with Crippen molar-refractivity contribution in [2.75, 3.05) is 24.1 Å². The van der Waals surface area contributed by atoms with E-state index < -0.39 is 0 Å². The second kappa shape index (κ2) is 5.16. The van der Waals surface area contributed by atoms with Crippen molar-refractivity contribution in [2.45, 2.75) is 45.6 Å². The molecule has 0 spiro atoms. The van der Waals surface area contributed by atoms with Crippen molar-refractivity contribution >= 4 is 28.2 Å². The van der Waals surface area contributed by atoms with Crippen LogP contribution in [-0.4, -0.2) is 34.4 Å². The number of nitrogen functional groups attached to an aromatic ring is 1. The zero-order valence-electron chi connectivity index (χ0n) is 13.0. The Morgan fingerprint density at radius 3 is 2.52 bits per heavy atom. The topological polar surface area (TPSA) is 71.2 Å². The molecule has 116 valence electrons. The Balaban J connectivity index is 1.73. The van der Waals surface area contributed by atoms with Crippen molar-refractivity contribution in [3.63, 3.8) is 0 Å². The van der Waals surface area contributed by atoms with E-state index in [2.05, 4.69) is 31.1 Å². The molecular formula is C15H24N4OS. The molecule has 2 unspecified atom stereocenters. The number of likely N-dealkylation sites (tertiary alicyclic amines) is 1. The first kappa shape index (κ1) is 14.6. The van der Waals surface area contributed by atoms with Gasteiger partial charge in [-0.25, -0.2) is 4.98 Å². The predicted molar refractivity (Wildman–Crippen MR) is 86.6 cm³/mol. The lowest BCUT2D eigenvalue weighted by Crippen LogP contribution is -2.29. The van der Waals surface area contributed by atoms with Gasteiger partial charge in [0.15, 0.2) is 5.13 Å². The minimum absolute atomic E-state index is 0.0568. The third-order valence-electron chi connectivity index (χ3n) is 4.34. The molecule has 1 aliphatic heterocycles. The summed E-state index contributed by atoms with van der Waals surface area (Å²) in [6.45, 7) is 7.97. The minimum atomic E-state index is -0.0880. The molecule has 5 nitrogen and oxygen atoms in total. The minimum Gasteiger partial charge on any atom is -0.382 e. The van der Waals surface area contributed by atoms with Crippen LogP contribution in [0.15, 0.2) is 0 Å². The molecule has 2 aliphatic rings. The highest BCUT2D eigenvalue weighted by molar-refractivity contribution is 7.18. The highest BCUT2D eigenvalue weighted by Gasteiger charge is 2.39. The number of hydrogen-bond donors (Lipinski definition) is 2. The molecule has 2 heterocycles. The zero-order valence-corrected chi connectivity index (χ0v) is 13.8. The van der Waals surface area contributed by atoms with E-state index in [1.165, 1.54) is 30.6 Å². The lowest BCUT2D eigenvalue weighted by Gasteiger charge is -2.19. The third-order valence-corrected chi connectivity index (χ3v) is 5.32. The van der Waals surface area contributed by atoms with Crippen LogP contribution >= 0.6 is 11.3 Å². The quantitative estimate of drug-likeness (QED) is 0.881. The number of fused-ring (bicyclic) bond motifs is 1. The van der Waals surface area contributed by atoms with Crippen LogP contribution in [0.3, 0.4) is 0 Å². The predicted octanol–water partition coefficient (Wildman–Crippen LogP) is 2.81. The number of amides is 1. The van der Waals surface area contributed by atoms with Gasteiger partial charge in [0.2, 0.25) is 0 Å². The van der Waals surface area contributed by atoms with Crippen molar-refractivity contribution in [3.8, 4) is 0 Å². The summed E-state index contributed by atoms with van der Waals surface area (Å²) >= 11 is 1.37. The van der Waals surface area contributed by atoms with Crippen LogP contribution in [0.5, 0.6) is 0 Å². The number of anilines is 2. The van der Waals surface area contributed by atoms with E-state index in [9.17, 15) is 4.79 Å². The maximum Gasteiger partial charge on any atom is 0.267 e. The molecule has 0 aromatic carbocycles. The second-order valence-corrected chi connectivity index (χ2v) is 8.27. The van der Waals surface area contributed by atoms with E-state index in [1.54, 1.807) is 0 Å². The molecule has 1 aromatic rings. The maximum atomic E-state index is 12.7. The lowest BCUT2D eigenvalue weighted by molar-refractivity contribution is 0.0786. The van der Waals surface area contributed by atoms with E-state index in [0.717, 1.165) is 18.2 Å². The summed E-state index contributed by atoms with van der Waals surface area (Å²) in [4.78, 5) is 19.5. The summed E-state index contributed by atoms with van der Waals surface area (Å²) in [6, 6.07) is 0. The van der Waals surface area contributed by atoms with Crippen molar-refractivity contribution in [1.29, 1.82) is 0 Å². The van der Waals surface area contributed by atoms with E-state index in [4.69, 9.17) is 5.73 Å². The molecule has 0 radical (unpaired) electrons. The van der Waals surface area contributed by atoms with Crippen LogP contribution in [0.25, 0.3) is 0 Å².